The maximum Gasteiger partial charge on any atom is 0.317 e. The monoisotopic (exact) mass is 293 g/mol. The Morgan fingerprint density at radius 2 is 2.10 bits per heavy atom. The number of nitrogens with zero attached hydrogens (tertiary/aromatic N) is 3. The number of carboxylic acids is 1. The number of benzene rings is 1. The van der Waals surface area contributed by atoms with E-state index < -0.39 is 5.97 Å². The second kappa shape index (κ2) is 6.53. The molecule has 0 atom stereocenters. The predicted octanol–water partition coefficient (Wildman–Crippen LogP) is 1.50. The lowest BCUT2D eigenvalue weighted by atomic mass is 10.1. The van der Waals surface area contributed by atoms with E-state index in [0.29, 0.717) is 18.7 Å². The molecule has 1 aromatic carbocycles. The van der Waals surface area contributed by atoms with Gasteiger partial charge in [0.25, 0.3) is 5.69 Å². The van der Waals surface area contributed by atoms with E-state index in [-0.39, 0.29) is 17.2 Å². The average Bonchev–Trinajstić information content (AvgIpc) is 2.63. The number of nitro benzene ring substituents is 1. The number of aliphatic carboxylic acids is 1. The van der Waals surface area contributed by atoms with Crippen LogP contribution in [0.3, 0.4) is 0 Å². The molecular weight excluding hydrogens is 274 g/mol. The van der Waals surface area contributed by atoms with Crippen LogP contribution in [0.25, 0.3) is 0 Å². The van der Waals surface area contributed by atoms with Crippen molar-refractivity contribution in [3.63, 3.8) is 0 Å². The third-order valence-corrected chi connectivity index (χ3v) is 3.76. The largest absolute Gasteiger partial charge is 0.480 e. The molecule has 7 heteroatoms. The fraction of sp³-hybridized carbons (Fsp3) is 0.500. The van der Waals surface area contributed by atoms with E-state index in [1.165, 1.54) is 6.07 Å². The summed E-state index contributed by atoms with van der Waals surface area (Å²) >= 11 is 0. The lowest BCUT2D eigenvalue weighted by Gasteiger charge is -2.24. The molecule has 0 unspecified atom stereocenters. The van der Waals surface area contributed by atoms with E-state index in [1.54, 1.807) is 13.0 Å². The van der Waals surface area contributed by atoms with Crippen LogP contribution < -0.4 is 4.90 Å². The first-order valence-electron chi connectivity index (χ1n) is 6.92. The van der Waals surface area contributed by atoms with Crippen LogP contribution in [0.5, 0.6) is 0 Å². The molecule has 2 rings (SSSR count). The molecule has 0 aromatic heterocycles. The molecule has 1 saturated heterocycles. The van der Waals surface area contributed by atoms with E-state index in [1.807, 2.05) is 11.0 Å². The topological polar surface area (TPSA) is 86.9 Å². The Morgan fingerprint density at radius 1 is 1.33 bits per heavy atom. The van der Waals surface area contributed by atoms with Gasteiger partial charge in [-0.1, -0.05) is 6.07 Å². The van der Waals surface area contributed by atoms with Gasteiger partial charge in [-0.3, -0.25) is 19.8 Å². The minimum atomic E-state index is -0.824. The van der Waals surface area contributed by atoms with Crippen LogP contribution in [0.2, 0.25) is 0 Å². The smallest absolute Gasteiger partial charge is 0.317 e. The number of carbonyl (C=O) groups is 1. The van der Waals surface area contributed by atoms with Crippen molar-refractivity contribution in [1.29, 1.82) is 0 Å². The molecule has 21 heavy (non-hydrogen) atoms. The van der Waals surface area contributed by atoms with Gasteiger partial charge < -0.3 is 10.0 Å². The molecule has 1 heterocycles. The van der Waals surface area contributed by atoms with Crippen molar-refractivity contribution < 1.29 is 14.8 Å². The van der Waals surface area contributed by atoms with Gasteiger partial charge in [-0.15, -0.1) is 0 Å². The summed E-state index contributed by atoms with van der Waals surface area (Å²) in [6.07, 6.45) is 0.843. The number of hydrogen-bond donors (Lipinski definition) is 1. The van der Waals surface area contributed by atoms with Gasteiger partial charge in [0.2, 0.25) is 0 Å². The number of anilines is 1. The molecule has 7 nitrogen and oxygen atoms in total. The van der Waals surface area contributed by atoms with Gasteiger partial charge in [0.1, 0.15) is 0 Å². The summed E-state index contributed by atoms with van der Waals surface area (Å²) in [5.74, 6) is -0.824. The molecule has 0 saturated carbocycles. The Morgan fingerprint density at radius 3 is 2.76 bits per heavy atom. The van der Waals surface area contributed by atoms with Crippen molar-refractivity contribution >= 4 is 17.3 Å². The van der Waals surface area contributed by atoms with Crippen LogP contribution in [0.4, 0.5) is 11.4 Å². The summed E-state index contributed by atoms with van der Waals surface area (Å²) in [5.41, 5.74) is 1.65. The molecule has 114 valence electrons. The van der Waals surface area contributed by atoms with Crippen molar-refractivity contribution in [1.82, 2.24) is 4.90 Å². The first-order valence-corrected chi connectivity index (χ1v) is 6.92. The Bertz CT molecular complexity index is 547. The minimum Gasteiger partial charge on any atom is -0.480 e. The van der Waals surface area contributed by atoms with Crippen molar-refractivity contribution in [2.45, 2.75) is 13.3 Å². The quantitative estimate of drug-likeness (QED) is 0.668. The van der Waals surface area contributed by atoms with Gasteiger partial charge in [-0.05, 0) is 19.4 Å². The standard InChI is InChI=1S/C14H19N3O4/c1-11-12(4-2-5-13(11)17(20)21)16-7-3-6-15(8-9-16)10-14(18)19/h2,4-5H,3,6-10H2,1H3,(H,18,19). The highest BCUT2D eigenvalue weighted by Gasteiger charge is 2.21. The molecule has 0 amide bonds. The van der Waals surface area contributed by atoms with Crippen LogP contribution in [0.1, 0.15) is 12.0 Å². The van der Waals surface area contributed by atoms with E-state index >= 15 is 0 Å². The van der Waals surface area contributed by atoms with E-state index in [2.05, 4.69) is 4.90 Å². The first-order chi connectivity index (χ1) is 9.99. The Balaban J connectivity index is 2.14. The lowest BCUT2D eigenvalue weighted by Crippen LogP contribution is -2.34. The van der Waals surface area contributed by atoms with Crippen LogP contribution in [0.15, 0.2) is 18.2 Å². The number of nitro groups is 1. The summed E-state index contributed by atoms with van der Waals surface area (Å²) in [5, 5.41) is 19.9. The highest BCUT2D eigenvalue weighted by Crippen LogP contribution is 2.28. The maximum atomic E-state index is 11.0. The fourth-order valence-corrected chi connectivity index (χ4v) is 2.71. The van der Waals surface area contributed by atoms with Gasteiger partial charge in [0.05, 0.1) is 17.0 Å². The zero-order chi connectivity index (χ0) is 15.4. The molecular formula is C14H19N3O4. The third kappa shape index (κ3) is 3.69. The van der Waals surface area contributed by atoms with Gasteiger partial charge in [0.15, 0.2) is 0 Å². The zero-order valence-corrected chi connectivity index (χ0v) is 12.0. The Kier molecular flexibility index (Phi) is 4.74. The zero-order valence-electron chi connectivity index (χ0n) is 12.0. The second-order valence-corrected chi connectivity index (χ2v) is 5.19. The third-order valence-electron chi connectivity index (χ3n) is 3.76. The summed E-state index contributed by atoms with van der Waals surface area (Å²) < 4.78 is 0. The summed E-state index contributed by atoms with van der Waals surface area (Å²) in [4.78, 5) is 25.4. The summed E-state index contributed by atoms with van der Waals surface area (Å²) in [6.45, 7) is 4.63. The maximum absolute atomic E-state index is 11.0. The summed E-state index contributed by atoms with van der Waals surface area (Å²) in [7, 11) is 0. The number of hydrogen-bond acceptors (Lipinski definition) is 5. The average molecular weight is 293 g/mol. The summed E-state index contributed by atoms with van der Waals surface area (Å²) in [6, 6.07) is 5.09. The number of carboxylic acid groups (broad SMARTS) is 1. The fourth-order valence-electron chi connectivity index (χ4n) is 2.71. The molecule has 0 bridgehead atoms. The Labute approximate surface area is 122 Å². The van der Waals surface area contributed by atoms with Crippen molar-refractivity contribution in [3.05, 3.63) is 33.9 Å². The second-order valence-electron chi connectivity index (χ2n) is 5.19. The van der Waals surface area contributed by atoms with Gasteiger partial charge in [-0.2, -0.15) is 0 Å². The van der Waals surface area contributed by atoms with Gasteiger partial charge in [-0.25, -0.2) is 0 Å². The van der Waals surface area contributed by atoms with Crippen LogP contribution in [-0.4, -0.2) is 53.6 Å². The molecule has 0 radical (unpaired) electrons. The van der Waals surface area contributed by atoms with Crippen LogP contribution >= 0.6 is 0 Å². The lowest BCUT2D eigenvalue weighted by molar-refractivity contribution is -0.385. The molecule has 1 N–H and O–H groups in total. The minimum absolute atomic E-state index is 0.0434. The molecule has 1 aliphatic rings. The molecule has 1 fully saturated rings. The van der Waals surface area contributed by atoms with Crippen molar-refractivity contribution in [2.75, 3.05) is 37.6 Å². The highest BCUT2D eigenvalue weighted by atomic mass is 16.6. The Hall–Kier alpha value is -2.15. The van der Waals surface area contributed by atoms with E-state index in [4.69, 9.17) is 5.11 Å². The normalized spacial score (nSPS) is 16.5. The highest BCUT2D eigenvalue weighted by molar-refractivity contribution is 5.69. The van der Waals surface area contributed by atoms with E-state index in [9.17, 15) is 14.9 Å². The number of rotatable bonds is 4. The first kappa shape index (κ1) is 15.2. The van der Waals surface area contributed by atoms with Crippen molar-refractivity contribution in [3.8, 4) is 0 Å². The SMILES string of the molecule is Cc1c(N2CCCN(CC(=O)O)CC2)cccc1[N+](=O)[O-]. The van der Waals surface area contributed by atoms with Crippen LogP contribution in [-0.2, 0) is 4.79 Å². The van der Waals surface area contributed by atoms with Gasteiger partial charge >= 0.3 is 5.97 Å². The van der Waals surface area contributed by atoms with Gasteiger partial charge in [0, 0.05) is 37.9 Å². The molecule has 0 aliphatic carbocycles. The molecule has 1 aromatic rings. The molecule has 0 spiro atoms. The van der Waals surface area contributed by atoms with Crippen LogP contribution in [0, 0.1) is 17.0 Å². The van der Waals surface area contributed by atoms with E-state index in [0.717, 1.165) is 25.2 Å². The molecule has 1 aliphatic heterocycles. The van der Waals surface area contributed by atoms with Crippen molar-refractivity contribution in [2.24, 2.45) is 0 Å². The predicted molar refractivity (Wildman–Crippen MR) is 78.7 cm³/mol.